The fraction of sp³-hybridized carbons (Fsp3) is 0.417. The lowest BCUT2D eigenvalue weighted by Gasteiger charge is -2.06. The number of nitrogens with two attached hydrogens (primary N) is 1. The van der Waals surface area contributed by atoms with E-state index in [2.05, 4.69) is 15.6 Å². The van der Waals surface area contributed by atoms with Gasteiger partial charge in [-0.15, -0.1) is 0 Å². The second-order valence-electron chi connectivity index (χ2n) is 4.32. The van der Waals surface area contributed by atoms with Crippen molar-refractivity contribution in [2.75, 3.05) is 12.3 Å². The monoisotopic (exact) mass is 248 g/mol. The molecule has 1 aromatic rings. The Labute approximate surface area is 105 Å². The lowest BCUT2D eigenvalue weighted by atomic mass is 10.2. The lowest BCUT2D eigenvalue weighted by molar-refractivity contribution is -0.121. The van der Waals surface area contributed by atoms with Crippen molar-refractivity contribution >= 4 is 17.6 Å². The first-order chi connectivity index (χ1) is 8.65. The van der Waals surface area contributed by atoms with Gasteiger partial charge in [0.15, 0.2) is 0 Å². The van der Waals surface area contributed by atoms with Crippen molar-refractivity contribution in [2.45, 2.75) is 25.3 Å². The molecular weight excluding hydrogens is 232 g/mol. The van der Waals surface area contributed by atoms with Gasteiger partial charge in [-0.25, -0.2) is 4.98 Å². The smallest absolute Gasteiger partial charge is 0.251 e. The standard InChI is InChI=1S/C12H16N4O2/c13-10-7-8(3-5-14-10)12(18)15-6-4-11(17)16-9-1-2-9/h3,5,7,9H,1-2,4,6H2,(H2,13,14)(H,15,18)(H,16,17). The molecule has 6 heteroatoms. The Morgan fingerprint density at radius 1 is 1.44 bits per heavy atom. The van der Waals surface area contributed by atoms with Crippen LogP contribution < -0.4 is 16.4 Å². The van der Waals surface area contributed by atoms with E-state index >= 15 is 0 Å². The fourth-order valence-electron chi connectivity index (χ4n) is 1.51. The summed E-state index contributed by atoms with van der Waals surface area (Å²) in [4.78, 5) is 26.9. The van der Waals surface area contributed by atoms with Gasteiger partial charge in [0.2, 0.25) is 5.91 Å². The predicted octanol–water partition coefficient (Wildman–Crippen LogP) is 0.0623. The molecule has 0 aliphatic heterocycles. The van der Waals surface area contributed by atoms with Gasteiger partial charge in [-0.2, -0.15) is 0 Å². The molecule has 4 N–H and O–H groups in total. The van der Waals surface area contributed by atoms with Crippen LogP contribution in [0.15, 0.2) is 18.3 Å². The number of pyridine rings is 1. The molecule has 0 unspecified atom stereocenters. The molecule has 0 bridgehead atoms. The molecule has 18 heavy (non-hydrogen) atoms. The van der Waals surface area contributed by atoms with E-state index in [0.29, 0.717) is 30.4 Å². The van der Waals surface area contributed by atoms with E-state index in [-0.39, 0.29) is 11.8 Å². The highest BCUT2D eigenvalue weighted by Crippen LogP contribution is 2.18. The van der Waals surface area contributed by atoms with Crippen LogP contribution in [0.2, 0.25) is 0 Å². The van der Waals surface area contributed by atoms with Gasteiger partial charge < -0.3 is 16.4 Å². The van der Waals surface area contributed by atoms with Crippen molar-refractivity contribution in [3.05, 3.63) is 23.9 Å². The quantitative estimate of drug-likeness (QED) is 0.686. The molecule has 0 saturated heterocycles. The second kappa shape index (κ2) is 5.48. The number of carbonyl (C=O) groups is 2. The zero-order valence-corrected chi connectivity index (χ0v) is 9.98. The topological polar surface area (TPSA) is 97.1 Å². The number of aromatic nitrogens is 1. The van der Waals surface area contributed by atoms with E-state index in [1.54, 1.807) is 6.07 Å². The maximum absolute atomic E-state index is 11.7. The number of nitrogens with zero attached hydrogens (tertiary/aromatic N) is 1. The molecule has 0 atom stereocenters. The van der Waals surface area contributed by atoms with Crippen LogP contribution in [0.3, 0.4) is 0 Å². The van der Waals surface area contributed by atoms with Gasteiger partial charge in [-0.05, 0) is 25.0 Å². The molecule has 96 valence electrons. The van der Waals surface area contributed by atoms with Crippen LogP contribution in [-0.2, 0) is 4.79 Å². The molecule has 0 spiro atoms. The largest absolute Gasteiger partial charge is 0.384 e. The predicted molar refractivity (Wildman–Crippen MR) is 66.8 cm³/mol. The van der Waals surface area contributed by atoms with Gasteiger partial charge in [0.25, 0.3) is 5.91 Å². The highest BCUT2D eigenvalue weighted by atomic mass is 16.2. The van der Waals surface area contributed by atoms with Gasteiger partial charge in [0.05, 0.1) is 0 Å². The highest BCUT2D eigenvalue weighted by Gasteiger charge is 2.22. The van der Waals surface area contributed by atoms with Gasteiger partial charge in [0.1, 0.15) is 5.82 Å². The van der Waals surface area contributed by atoms with Crippen molar-refractivity contribution in [3.63, 3.8) is 0 Å². The maximum Gasteiger partial charge on any atom is 0.251 e. The molecule has 0 radical (unpaired) electrons. The third kappa shape index (κ3) is 3.73. The summed E-state index contributed by atoms with van der Waals surface area (Å²) in [6.45, 7) is 0.319. The zero-order chi connectivity index (χ0) is 13.0. The highest BCUT2D eigenvalue weighted by molar-refractivity contribution is 5.94. The number of hydrogen-bond acceptors (Lipinski definition) is 4. The van der Waals surface area contributed by atoms with E-state index in [4.69, 9.17) is 5.73 Å². The van der Waals surface area contributed by atoms with Crippen LogP contribution in [0, 0.1) is 0 Å². The third-order valence-electron chi connectivity index (χ3n) is 2.62. The summed E-state index contributed by atoms with van der Waals surface area (Å²) < 4.78 is 0. The maximum atomic E-state index is 11.7. The Morgan fingerprint density at radius 2 is 2.22 bits per heavy atom. The van der Waals surface area contributed by atoms with Gasteiger partial charge in [-0.3, -0.25) is 9.59 Å². The van der Waals surface area contributed by atoms with Crippen molar-refractivity contribution < 1.29 is 9.59 Å². The minimum absolute atomic E-state index is 0.0213. The first-order valence-electron chi connectivity index (χ1n) is 5.94. The first kappa shape index (κ1) is 12.3. The number of anilines is 1. The fourth-order valence-corrected chi connectivity index (χ4v) is 1.51. The van der Waals surface area contributed by atoms with Crippen LogP contribution in [-0.4, -0.2) is 29.4 Å². The first-order valence-corrected chi connectivity index (χ1v) is 5.94. The van der Waals surface area contributed by atoms with Crippen LogP contribution >= 0.6 is 0 Å². The van der Waals surface area contributed by atoms with E-state index < -0.39 is 0 Å². The average Bonchev–Trinajstić information content (AvgIpc) is 3.12. The molecule has 2 amide bonds. The van der Waals surface area contributed by atoms with Crippen LogP contribution in [0.4, 0.5) is 5.82 Å². The summed E-state index contributed by atoms with van der Waals surface area (Å²) in [5.74, 6) is 0.0319. The molecule has 2 rings (SSSR count). The van der Waals surface area contributed by atoms with E-state index in [9.17, 15) is 9.59 Å². The van der Waals surface area contributed by atoms with Gasteiger partial charge in [0, 0.05) is 30.8 Å². The third-order valence-corrected chi connectivity index (χ3v) is 2.62. The minimum atomic E-state index is -0.247. The number of nitrogen functional groups attached to an aromatic ring is 1. The van der Waals surface area contributed by atoms with Crippen molar-refractivity contribution in [2.24, 2.45) is 0 Å². The number of rotatable bonds is 5. The summed E-state index contributed by atoms with van der Waals surface area (Å²) in [6.07, 6.45) is 3.90. The summed E-state index contributed by atoms with van der Waals surface area (Å²) in [6, 6.07) is 3.43. The number of amides is 2. The van der Waals surface area contributed by atoms with Crippen LogP contribution in [0.1, 0.15) is 29.6 Å². The van der Waals surface area contributed by atoms with Crippen molar-refractivity contribution in [1.82, 2.24) is 15.6 Å². The summed E-state index contributed by atoms with van der Waals surface area (Å²) in [7, 11) is 0. The Morgan fingerprint density at radius 3 is 2.89 bits per heavy atom. The minimum Gasteiger partial charge on any atom is -0.384 e. The number of hydrogen-bond donors (Lipinski definition) is 3. The molecule has 1 aromatic heterocycles. The Hall–Kier alpha value is -2.11. The van der Waals surface area contributed by atoms with E-state index in [1.807, 2.05) is 0 Å². The van der Waals surface area contributed by atoms with Crippen molar-refractivity contribution in [3.8, 4) is 0 Å². The second-order valence-corrected chi connectivity index (χ2v) is 4.32. The zero-order valence-electron chi connectivity index (χ0n) is 9.98. The molecule has 1 aliphatic carbocycles. The number of nitrogens with one attached hydrogen (secondary N) is 2. The van der Waals surface area contributed by atoms with Crippen molar-refractivity contribution in [1.29, 1.82) is 0 Å². The molecule has 1 fully saturated rings. The summed E-state index contributed by atoms with van der Waals surface area (Å²) >= 11 is 0. The van der Waals surface area contributed by atoms with E-state index in [0.717, 1.165) is 12.8 Å². The Bertz CT molecular complexity index is 457. The summed E-state index contributed by atoms with van der Waals surface area (Å²) in [5.41, 5.74) is 5.93. The molecule has 1 saturated carbocycles. The Balaban J connectivity index is 1.72. The number of carbonyl (C=O) groups excluding carboxylic acids is 2. The van der Waals surface area contributed by atoms with Gasteiger partial charge >= 0.3 is 0 Å². The van der Waals surface area contributed by atoms with Crippen LogP contribution in [0.25, 0.3) is 0 Å². The summed E-state index contributed by atoms with van der Waals surface area (Å²) in [5, 5.41) is 5.52. The molecule has 6 nitrogen and oxygen atoms in total. The lowest BCUT2D eigenvalue weighted by Crippen LogP contribution is -2.31. The normalized spacial score (nSPS) is 14.0. The van der Waals surface area contributed by atoms with Crippen LogP contribution in [0.5, 0.6) is 0 Å². The van der Waals surface area contributed by atoms with Gasteiger partial charge in [-0.1, -0.05) is 0 Å². The average molecular weight is 248 g/mol. The molecular formula is C12H16N4O2. The molecule has 1 aliphatic rings. The Kier molecular flexibility index (Phi) is 3.76. The van der Waals surface area contributed by atoms with E-state index in [1.165, 1.54) is 12.3 Å². The SMILES string of the molecule is Nc1cc(C(=O)NCCC(=O)NC2CC2)ccn1. The molecule has 0 aromatic carbocycles. The molecule has 1 heterocycles.